The Labute approximate surface area is 247 Å². The van der Waals surface area contributed by atoms with E-state index in [1.54, 1.807) is 12.0 Å². The number of nitrogens with zero attached hydrogens (tertiary/aromatic N) is 1. The summed E-state index contributed by atoms with van der Waals surface area (Å²) in [6.45, 7) is 2.60. The first kappa shape index (κ1) is 29.5. The van der Waals surface area contributed by atoms with Crippen LogP contribution >= 0.6 is 0 Å². The van der Waals surface area contributed by atoms with E-state index in [0.29, 0.717) is 19.4 Å². The highest BCUT2D eigenvalue weighted by Crippen LogP contribution is 2.44. The van der Waals surface area contributed by atoms with Gasteiger partial charge in [-0.1, -0.05) is 85.8 Å². The van der Waals surface area contributed by atoms with Crippen molar-refractivity contribution in [2.24, 2.45) is 11.8 Å². The molecule has 1 aliphatic heterocycles. The number of amides is 1. The predicted octanol–water partition coefficient (Wildman–Crippen LogP) is 6.04. The number of hydrogen-bond acceptors (Lipinski definition) is 6. The number of carbonyl (C=O) groups excluding carboxylic acids is 3. The SMILES string of the molecule is COC(=O)[C@@H](CC(=O)[C@H](C)[C@@H](OC)[C@@H]1CCCN1C(=O)OCC1c2ccccc2-c2ccccc21)Cc1ccccc1. The molecular formula is C35H39NO6. The molecule has 0 saturated carbocycles. The molecule has 0 bridgehead atoms. The van der Waals surface area contributed by atoms with Gasteiger partial charge >= 0.3 is 12.1 Å². The van der Waals surface area contributed by atoms with E-state index in [1.807, 2.05) is 61.5 Å². The number of ketones is 1. The number of benzene rings is 3. The monoisotopic (exact) mass is 569 g/mol. The minimum absolute atomic E-state index is 0.0269. The molecule has 0 spiro atoms. The van der Waals surface area contributed by atoms with Crippen molar-refractivity contribution >= 4 is 17.8 Å². The Morgan fingerprint density at radius 3 is 2.12 bits per heavy atom. The van der Waals surface area contributed by atoms with Gasteiger partial charge in [0, 0.05) is 31.9 Å². The number of carbonyl (C=O) groups is 3. The van der Waals surface area contributed by atoms with Gasteiger partial charge in [0.1, 0.15) is 12.4 Å². The summed E-state index contributed by atoms with van der Waals surface area (Å²) < 4.78 is 16.8. The lowest BCUT2D eigenvalue weighted by Gasteiger charge is -2.33. The molecule has 1 aliphatic carbocycles. The zero-order valence-electron chi connectivity index (χ0n) is 24.5. The zero-order chi connectivity index (χ0) is 29.6. The summed E-state index contributed by atoms with van der Waals surface area (Å²) >= 11 is 0. The van der Waals surface area contributed by atoms with Crippen molar-refractivity contribution in [2.45, 2.75) is 50.7 Å². The van der Waals surface area contributed by atoms with Gasteiger partial charge in [0.15, 0.2) is 0 Å². The van der Waals surface area contributed by atoms with E-state index in [-0.39, 0.29) is 30.8 Å². The highest BCUT2D eigenvalue weighted by molar-refractivity contribution is 5.86. The molecular weight excluding hydrogens is 530 g/mol. The average molecular weight is 570 g/mol. The molecule has 1 fully saturated rings. The van der Waals surface area contributed by atoms with Crippen LogP contribution in [0.15, 0.2) is 78.9 Å². The number of methoxy groups -OCH3 is 2. The third-order valence-electron chi connectivity index (χ3n) is 8.83. The van der Waals surface area contributed by atoms with Crippen LogP contribution < -0.4 is 0 Å². The normalized spacial score (nSPS) is 18.1. The number of likely N-dealkylation sites (tertiary alicyclic amines) is 1. The third-order valence-corrected chi connectivity index (χ3v) is 8.83. The van der Waals surface area contributed by atoms with Gasteiger partial charge in [0.05, 0.1) is 25.2 Å². The summed E-state index contributed by atoms with van der Waals surface area (Å²) in [7, 11) is 2.92. The Kier molecular flexibility index (Phi) is 9.38. The van der Waals surface area contributed by atoms with Crippen LogP contribution in [0.5, 0.6) is 0 Å². The summed E-state index contributed by atoms with van der Waals surface area (Å²) in [6, 6.07) is 25.8. The molecule has 0 aromatic heterocycles. The van der Waals surface area contributed by atoms with E-state index in [9.17, 15) is 14.4 Å². The smallest absolute Gasteiger partial charge is 0.410 e. The molecule has 220 valence electrons. The third kappa shape index (κ3) is 6.12. The molecule has 4 atom stereocenters. The quantitative estimate of drug-likeness (QED) is 0.262. The van der Waals surface area contributed by atoms with E-state index in [4.69, 9.17) is 14.2 Å². The Bertz CT molecular complexity index is 1360. The van der Waals surface area contributed by atoms with Gasteiger partial charge < -0.3 is 19.1 Å². The largest absolute Gasteiger partial charge is 0.469 e. The second kappa shape index (κ2) is 13.3. The number of fused-ring (bicyclic) bond motifs is 3. The molecule has 0 unspecified atom stereocenters. The summed E-state index contributed by atoms with van der Waals surface area (Å²) in [5.41, 5.74) is 5.65. The zero-order valence-corrected chi connectivity index (χ0v) is 24.5. The van der Waals surface area contributed by atoms with Crippen LogP contribution in [0.1, 0.15) is 48.8 Å². The Morgan fingerprint density at radius 1 is 0.881 bits per heavy atom. The van der Waals surface area contributed by atoms with Crippen molar-refractivity contribution in [1.82, 2.24) is 4.90 Å². The maximum atomic E-state index is 13.5. The lowest BCUT2D eigenvalue weighted by molar-refractivity contribution is -0.148. The minimum atomic E-state index is -0.591. The number of ether oxygens (including phenoxy) is 3. The topological polar surface area (TPSA) is 82.1 Å². The van der Waals surface area contributed by atoms with E-state index in [2.05, 4.69) is 24.3 Å². The van der Waals surface area contributed by atoms with Crippen LogP contribution in [-0.4, -0.2) is 62.3 Å². The van der Waals surface area contributed by atoms with Crippen molar-refractivity contribution in [3.63, 3.8) is 0 Å². The first-order valence-corrected chi connectivity index (χ1v) is 14.7. The van der Waals surface area contributed by atoms with Gasteiger partial charge in [-0.2, -0.15) is 0 Å². The van der Waals surface area contributed by atoms with Gasteiger partial charge in [-0.3, -0.25) is 9.59 Å². The summed E-state index contributed by atoms with van der Waals surface area (Å²) in [6.07, 6.45) is 1.06. The van der Waals surface area contributed by atoms with Crippen LogP contribution in [0, 0.1) is 11.8 Å². The fraction of sp³-hybridized carbons (Fsp3) is 0.400. The second-order valence-electron chi connectivity index (χ2n) is 11.3. The molecule has 2 aliphatic rings. The highest BCUT2D eigenvalue weighted by atomic mass is 16.6. The number of esters is 1. The Balaban J connectivity index is 1.24. The van der Waals surface area contributed by atoms with E-state index < -0.39 is 30.0 Å². The van der Waals surface area contributed by atoms with E-state index >= 15 is 0 Å². The molecule has 3 aromatic rings. The maximum Gasteiger partial charge on any atom is 0.410 e. The van der Waals surface area contributed by atoms with Gasteiger partial charge in [0.2, 0.25) is 0 Å². The van der Waals surface area contributed by atoms with Crippen molar-refractivity contribution in [2.75, 3.05) is 27.4 Å². The van der Waals surface area contributed by atoms with Crippen molar-refractivity contribution in [1.29, 1.82) is 0 Å². The second-order valence-corrected chi connectivity index (χ2v) is 11.3. The van der Waals surface area contributed by atoms with Gasteiger partial charge in [-0.15, -0.1) is 0 Å². The first-order valence-electron chi connectivity index (χ1n) is 14.7. The minimum Gasteiger partial charge on any atom is -0.469 e. The van der Waals surface area contributed by atoms with Crippen LogP contribution in [-0.2, 0) is 30.2 Å². The average Bonchev–Trinajstić information content (AvgIpc) is 3.63. The Hall–Kier alpha value is -3.97. The molecule has 1 saturated heterocycles. The number of Topliss-reactive ketones (excluding diaryl/α,β-unsaturated/α-hetero) is 1. The summed E-state index contributed by atoms with van der Waals surface area (Å²) in [5.74, 6) is -1.64. The molecule has 7 nitrogen and oxygen atoms in total. The molecule has 1 heterocycles. The predicted molar refractivity (Wildman–Crippen MR) is 160 cm³/mol. The lowest BCUT2D eigenvalue weighted by atomic mass is 9.85. The molecule has 5 rings (SSSR count). The molecule has 0 radical (unpaired) electrons. The summed E-state index contributed by atoms with van der Waals surface area (Å²) in [4.78, 5) is 41.3. The van der Waals surface area contributed by atoms with Gasteiger partial charge in [-0.05, 0) is 47.1 Å². The van der Waals surface area contributed by atoms with Crippen molar-refractivity contribution in [3.05, 3.63) is 95.6 Å². The van der Waals surface area contributed by atoms with Crippen LogP contribution in [0.4, 0.5) is 4.79 Å². The van der Waals surface area contributed by atoms with Crippen LogP contribution in [0.3, 0.4) is 0 Å². The number of rotatable bonds is 11. The fourth-order valence-electron chi connectivity index (χ4n) is 6.65. The van der Waals surface area contributed by atoms with Crippen molar-refractivity contribution in [3.8, 4) is 11.1 Å². The van der Waals surface area contributed by atoms with Gasteiger partial charge in [0.25, 0.3) is 0 Å². The van der Waals surface area contributed by atoms with Crippen molar-refractivity contribution < 1.29 is 28.6 Å². The number of hydrogen-bond donors (Lipinski definition) is 0. The standard InChI is InChI=1S/C35H39NO6/c1-23(32(37)21-25(34(38)41-3)20-24-12-5-4-6-13-24)33(40-2)31-18-11-19-36(31)35(39)42-22-30-28-16-9-7-14-26(28)27-15-8-10-17-29(27)30/h4-10,12-17,23,25,30-31,33H,11,18-22H2,1-3H3/t23-,25+,31-,33+/m0/s1. The molecule has 42 heavy (non-hydrogen) atoms. The molecule has 7 heteroatoms. The Morgan fingerprint density at radius 2 is 1.50 bits per heavy atom. The molecule has 1 amide bonds. The van der Waals surface area contributed by atoms with Crippen LogP contribution in [0.2, 0.25) is 0 Å². The molecule has 0 N–H and O–H groups in total. The van der Waals surface area contributed by atoms with Gasteiger partial charge in [-0.25, -0.2) is 4.79 Å². The molecule has 3 aromatic carbocycles. The first-order chi connectivity index (χ1) is 20.4. The van der Waals surface area contributed by atoms with E-state index in [0.717, 1.165) is 23.1 Å². The fourth-order valence-corrected chi connectivity index (χ4v) is 6.65. The lowest BCUT2D eigenvalue weighted by Crippen LogP contribution is -2.48. The van der Waals surface area contributed by atoms with E-state index in [1.165, 1.54) is 18.2 Å². The summed E-state index contributed by atoms with van der Waals surface area (Å²) in [5, 5.41) is 0. The maximum absolute atomic E-state index is 13.5. The highest BCUT2D eigenvalue weighted by Gasteiger charge is 2.41. The van der Waals surface area contributed by atoms with Crippen LogP contribution in [0.25, 0.3) is 11.1 Å².